The van der Waals surface area contributed by atoms with Crippen LogP contribution in [0.2, 0.25) is 0 Å². The SMILES string of the molecule is COc1c(C2C[C@@H](O)[C@H](OC)C2)cc(C(=O)Nc2nnc(-n3nccc3C)s2)oc1=O. The number of carbonyl (C=O) groups is 1. The van der Waals surface area contributed by atoms with Gasteiger partial charge in [-0.3, -0.25) is 10.1 Å². The first-order valence-corrected chi connectivity index (χ1v) is 10.3. The largest absolute Gasteiger partial charge is 0.490 e. The van der Waals surface area contributed by atoms with Gasteiger partial charge < -0.3 is 19.0 Å². The Kier molecular flexibility index (Phi) is 5.85. The van der Waals surface area contributed by atoms with E-state index >= 15 is 0 Å². The van der Waals surface area contributed by atoms with E-state index in [1.54, 1.807) is 10.9 Å². The molecule has 1 saturated carbocycles. The van der Waals surface area contributed by atoms with Crippen LogP contribution in [0.3, 0.4) is 0 Å². The second-order valence-corrected chi connectivity index (χ2v) is 8.08. The number of anilines is 1. The summed E-state index contributed by atoms with van der Waals surface area (Å²) in [5.74, 6) is -1.05. The highest BCUT2D eigenvalue weighted by atomic mass is 32.1. The summed E-state index contributed by atoms with van der Waals surface area (Å²) in [6.07, 6.45) is 1.47. The summed E-state index contributed by atoms with van der Waals surface area (Å²) in [6, 6.07) is 3.28. The number of aliphatic hydroxyl groups is 1. The van der Waals surface area contributed by atoms with Crippen LogP contribution in [0, 0.1) is 6.92 Å². The Hall–Kier alpha value is -3.09. The van der Waals surface area contributed by atoms with Crippen molar-refractivity contribution in [2.24, 2.45) is 0 Å². The van der Waals surface area contributed by atoms with Crippen molar-refractivity contribution in [2.75, 3.05) is 19.5 Å². The van der Waals surface area contributed by atoms with Crippen LogP contribution in [-0.2, 0) is 4.74 Å². The molecule has 2 N–H and O–H groups in total. The monoisotopic (exact) mass is 447 g/mol. The van der Waals surface area contributed by atoms with E-state index in [0.717, 1.165) is 17.0 Å². The molecule has 3 heterocycles. The summed E-state index contributed by atoms with van der Waals surface area (Å²) in [4.78, 5) is 25.2. The number of nitrogens with one attached hydrogen (secondary N) is 1. The quantitative estimate of drug-likeness (QED) is 0.575. The lowest BCUT2D eigenvalue weighted by Crippen LogP contribution is -2.20. The van der Waals surface area contributed by atoms with Gasteiger partial charge in [0, 0.05) is 24.6 Å². The van der Waals surface area contributed by atoms with Crippen LogP contribution >= 0.6 is 11.3 Å². The Balaban J connectivity index is 1.59. The van der Waals surface area contributed by atoms with Gasteiger partial charge in [0.15, 0.2) is 5.76 Å². The molecule has 164 valence electrons. The molecule has 0 radical (unpaired) electrons. The molecule has 3 aromatic heterocycles. The third-order valence-corrected chi connectivity index (χ3v) is 6.04. The predicted molar refractivity (Wildman–Crippen MR) is 110 cm³/mol. The second-order valence-electron chi connectivity index (χ2n) is 7.12. The molecule has 0 bridgehead atoms. The molecule has 3 aromatic rings. The average Bonchev–Trinajstić information content (AvgIpc) is 3.47. The summed E-state index contributed by atoms with van der Waals surface area (Å²) < 4.78 is 17.3. The van der Waals surface area contributed by atoms with Crippen LogP contribution in [0.25, 0.3) is 5.13 Å². The molecule has 4 rings (SSSR count). The first-order valence-electron chi connectivity index (χ1n) is 9.50. The highest BCUT2D eigenvalue weighted by Gasteiger charge is 2.36. The summed E-state index contributed by atoms with van der Waals surface area (Å²) in [6.45, 7) is 1.87. The molecule has 1 fully saturated rings. The van der Waals surface area contributed by atoms with E-state index in [-0.39, 0.29) is 28.7 Å². The molecule has 1 aliphatic carbocycles. The maximum atomic E-state index is 12.7. The van der Waals surface area contributed by atoms with E-state index in [2.05, 4.69) is 20.6 Å². The number of carbonyl (C=O) groups excluding carboxylic acids is 1. The van der Waals surface area contributed by atoms with Crippen LogP contribution in [0.15, 0.2) is 27.5 Å². The molecule has 0 saturated heterocycles. The van der Waals surface area contributed by atoms with Gasteiger partial charge in [0.2, 0.25) is 16.0 Å². The maximum absolute atomic E-state index is 12.7. The Morgan fingerprint density at radius 1 is 1.35 bits per heavy atom. The highest BCUT2D eigenvalue weighted by molar-refractivity contribution is 7.17. The van der Waals surface area contributed by atoms with Crippen LogP contribution < -0.4 is 15.7 Å². The van der Waals surface area contributed by atoms with Gasteiger partial charge in [-0.25, -0.2) is 9.48 Å². The zero-order chi connectivity index (χ0) is 22.1. The van der Waals surface area contributed by atoms with Gasteiger partial charge >= 0.3 is 5.63 Å². The number of nitrogens with zero attached hydrogens (tertiary/aromatic N) is 4. The number of aryl methyl sites for hydroxylation is 1. The zero-order valence-electron chi connectivity index (χ0n) is 17.1. The highest BCUT2D eigenvalue weighted by Crippen LogP contribution is 2.39. The van der Waals surface area contributed by atoms with Gasteiger partial charge in [0.05, 0.1) is 19.3 Å². The number of aromatic nitrogens is 4. The van der Waals surface area contributed by atoms with Gasteiger partial charge in [-0.2, -0.15) is 5.10 Å². The van der Waals surface area contributed by atoms with E-state index in [1.165, 1.54) is 20.3 Å². The molecule has 1 unspecified atom stereocenters. The summed E-state index contributed by atoms with van der Waals surface area (Å²) in [5, 5.41) is 25.6. The smallest absolute Gasteiger partial charge is 0.379 e. The molecule has 0 aliphatic heterocycles. The van der Waals surface area contributed by atoms with Crippen molar-refractivity contribution in [3.63, 3.8) is 0 Å². The van der Waals surface area contributed by atoms with E-state index in [0.29, 0.717) is 23.5 Å². The van der Waals surface area contributed by atoms with Crippen molar-refractivity contribution in [2.45, 2.75) is 37.9 Å². The molecule has 1 amide bonds. The van der Waals surface area contributed by atoms with Crippen molar-refractivity contribution in [1.82, 2.24) is 20.0 Å². The predicted octanol–water partition coefficient (Wildman–Crippen LogP) is 1.50. The Bertz CT molecular complexity index is 1150. The third kappa shape index (κ3) is 4.09. The first kappa shape index (κ1) is 21.2. The Labute approximate surface area is 180 Å². The Morgan fingerprint density at radius 3 is 2.81 bits per heavy atom. The van der Waals surface area contributed by atoms with Crippen LogP contribution in [-0.4, -0.2) is 57.4 Å². The average molecular weight is 447 g/mol. The lowest BCUT2D eigenvalue weighted by molar-refractivity contribution is 0.00981. The van der Waals surface area contributed by atoms with Crippen molar-refractivity contribution < 1.29 is 23.8 Å². The van der Waals surface area contributed by atoms with E-state index in [4.69, 9.17) is 13.9 Å². The third-order valence-electron chi connectivity index (χ3n) is 5.23. The van der Waals surface area contributed by atoms with Crippen LogP contribution in [0.1, 0.15) is 40.6 Å². The molecule has 0 spiro atoms. The molecule has 11 nitrogen and oxygen atoms in total. The van der Waals surface area contributed by atoms with Crippen molar-refractivity contribution in [3.05, 3.63) is 45.8 Å². The van der Waals surface area contributed by atoms with E-state index < -0.39 is 17.6 Å². The molecule has 12 heteroatoms. The minimum atomic E-state index is -0.773. The number of aliphatic hydroxyl groups excluding tert-OH is 1. The molecule has 1 aliphatic rings. The fourth-order valence-corrected chi connectivity index (χ4v) is 4.44. The zero-order valence-corrected chi connectivity index (χ0v) is 17.9. The molecule has 3 atom stereocenters. The van der Waals surface area contributed by atoms with E-state index in [1.807, 2.05) is 13.0 Å². The fraction of sp³-hybridized carbons (Fsp3) is 0.421. The van der Waals surface area contributed by atoms with Crippen molar-refractivity contribution in [1.29, 1.82) is 0 Å². The number of rotatable bonds is 6. The van der Waals surface area contributed by atoms with Crippen LogP contribution in [0.5, 0.6) is 5.75 Å². The molecule has 0 aromatic carbocycles. The number of hydrogen-bond donors (Lipinski definition) is 2. The summed E-state index contributed by atoms with van der Waals surface area (Å²) >= 11 is 1.12. The number of methoxy groups -OCH3 is 2. The van der Waals surface area contributed by atoms with Gasteiger partial charge in [-0.1, -0.05) is 11.3 Å². The van der Waals surface area contributed by atoms with E-state index in [9.17, 15) is 14.7 Å². The lowest BCUT2D eigenvalue weighted by Gasteiger charge is -2.14. The summed E-state index contributed by atoms with van der Waals surface area (Å²) in [7, 11) is 2.88. The topological polar surface area (TPSA) is 142 Å². The van der Waals surface area contributed by atoms with Crippen LogP contribution in [0.4, 0.5) is 5.13 Å². The standard InChI is InChI=1S/C19H21N5O6S/c1-9-4-5-20-24(9)19-23-22-18(31-19)21-16(26)14-8-11(15(29-3)17(27)30-14)10-6-12(25)13(7-10)28-2/h4-5,8,10,12-13,25H,6-7H2,1-3H3,(H,21,22,26)/t10?,12-,13-/m1/s1. The number of hydrogen-bond acceptors (Lipinski definition) is 10. The number of amides is 1. The van der Waals surface area contributed by atoms with Crippen molar-refractivity contribution in [3.8, 4) is 10.9 Å². The lowest BCUT2D eigenvalue weighted by atomic mass is 9.97. The summed E-state index contributed by atoms with van der Waals surface area (Å²) in [5.41, 5.74) is 0.589. The second kappa shape index (κ2) is 8.57. The fourth-order valence-electron chi connectivity index (χ4n) is 3.68. The van der Waals surface area contributed by atoms with Gasteiger partial charge in [-0.15, -0.1) is 10.2 Å². The van der Waals surface area contributed by atoms with Gasteiger partial charge in [-0.05, 0) is 37.8 Å². The molecular weight excluding hydrogens is 426 g/mol. The minimum Gasteiger partial charge on any atom is -0.490 e. The Morgan fingerprint density at radius 2 is 2.16 bits per heavy atom. The molecular formula is C19H21N5O6S. The van der Waals surface area contributed by atoms with Gasteiger partial charge in [0.25, 0.3) is 5.91 Å². The normalized spacial score (nSPS) is 20.7. The number of ether oxygens (including phenoxy) is 2. The molecule has 31 heavy (non-hydrogen) atoms. The van der Waals surface area contributed by atoms with Gasteiger partial charge in [0.1, 0.15) is 0 Å². The first-order chi connectivity index (χ1) is 14.9. The minimum absolute atomic E-state index is 0.0119. The van der Waals surface area contributed by atoms with Crippen molar-refractivity contribution >= 4 is 22.4 Å². The maximum Gasteiger partial charge on any atom is 0.379 e.